The lowest BCUT2D eigenvalue weighted by Crippen LogP contribution is -2.38. The fraction of sp³-hybridized carbons (Fsp3) is 0.407. The number of morpholine rings is 1. The molecule has 0 spiro atoms. The molecule has 2 aliphatic heterocycles. The van der Waals surface area contributed by atoms with Crippen LogP contribution >= 0.6 is 0 Å². The number of benzene rings is 2. The number of nitrogens with zero attached hydrogens (tertiary/aromatic N) is 3. The molecule has 2 aliphatic rings. The number of Topliss-reactive ketones (excluding diaryl/α,β-unsaturated/α-hetero) is 1. The molecular formula is C27H31N3O7. The largest absolute Gasteiger partial charge is 0.507 e. The number of carbonyl (C=O) groups excluding carboxylic acids is 2. The average Bonchev–Trinajstić information content (AvgIpc) is 3.17. The van der Waals surface area contributed by atoms with Crippen LogP contribution in [0.4, 0.5) is 5.69 Å². The van der Waals surface area contributed by atoms with Crippen molar-refractivity contribution in [2.75, 3.05) is 46.0 Å². The van der Waals surface area contributed by atoms with Gasteiger partial charge in [-0.2, -0.15) is 0 Å². The quantitative estimate of drug-likeness (QED) is 0.170. The maximum atomic E-state index is 13.2. The molecular weight excluding hydrogens is 478 g/mol. The van der Waals surface area contributed by atoms with Crippen LogP contribution < -0.4 is 4.74 Å². The highest BCUT2D eigenvalue weighted by molar-refractivity contribution is 6.46. The second-order valence-corrected chi connectivity index (χ2v) is 9.02. The number of nitro groups is 1. The number of likely N-dealkylation sites (tertiary alicyclic amines) is 1. The zero-order chi connectivity index (χ0) is 26.4. The van der Waals surface area contributed by atoms with Crippen molar-refractivity contribution in [2.24, 2.45) is 0 Å². The van der Waals surface area contributed by atoms with Gasteiger partial charge in [-0.3, -0.25) is 24.6 Å². The van der Waals surface area contributed by atoms with Gasteiger partial charge in [0.15, 0.2) is 0 Å². The van der Waals surface area contributed by atoms with E-state index in [1.54, 1.807) is 24.3 Å². The van der Waals surface area contributed by atoms with Gasteiger partial charge in [-0.25, -0.2) is 0 Å². The maximum Gasteiger partial charge on any atom is 0.295 e. The molecule has 0 unspecified atom stereocenters. The van der Waals surface area contributed by atoms with Gasteiger partial charge in [0.1, 0.15) is 11.5 Å². The molecule has 37 heavy (non-hydrogen) atoms. The van der Waals surface area contributed by atoms with Gasteiger partial charge in [0.2, 0.25) is 0 Å². The molecule has 196 valence electrons. The summed E-state index contributed by atoms with van der Waals surface area (Å²) in [6, 6.07) is 11.5. The standard InChI is InChI=1S/C27H31N3O7/c1-2-16-37-22-10-6-20(7-11-22)25(31)23-24(19-4-8-21(9-5-19)30(34)35)29(27(33)26(23)32)13-3-12-28-14-17-36-18-15-28/h4-11,24,31H,2-3,12-18H2,1H3/t24-/m1/s1. The Morgan fingerprint density at radius 3 is 2.38 bits per heavy atom. The number of aliphatic hydroxyl groups excluding tert-OH is 1. The number of aliphatic hydroxyl groups is 1. The van der Waals surface area contributed by atoms with E-state index in [0.29, 0.717) is 49.7 Å². The Morgan fingerprint density at radius 1 is 1.08 bits per heavy atom. The van der Waals surface area contributed by atoms with E-state index in [2.05, 4.69) is 4.90 Å². The van der Waals surface area contributed by atoms with Crippen molar-refractivity contribution in [1.29, 1.82) is 0 Å². The van der Waals surface area contributed by atoms with Gasteiger partial charge < -0.3 is 19.5 Å². The first-order valence-corrected chi connectivity index (χ1v) is 12.5. The Kier molecular flexibility index (Phi) is 8.52. The minimum atomic E-state index is -0.860. The fourth-order valence-electron chi connectivity index (χ4n) is 4.61. The molecule has 0 bridgehead atoms. The Hall–Kier alpha value is -3.76. The van der Waals surface area contributed by atoms with Crippen LogP contribution in [0.15, 0.2) is 54.1 Å². The van der Waals surface area contributed by atoms with Crippen LogP contribution in [-0.2, 0) is 14.3 Å². The lowest BCUT2D eigenvalue weighted by Gasteiger charge is -2.29. The fourth-order valence-corrected chi connectivity index (χ4v) is 4.61. The third kappa shape index (κ3) is 5.98. The van der Waals surface area contributed by atoms with Crippen molar-refractivity contribution in [3.8, 4) is 5.75 Å². The van der Waals surface area contributed by atoms with E-state index < -0.39 is 22.7 Å². The molecule has 2 fully saturated rings. The summed E-state index contributed by atoms with van der Waals surface area (Å²) in [5.74, 6) is -1.14. The number of amides is 1. The van der Waals surface area contributed by atoms with Gasteiger partial charge in [-0.05, 0) is 54.8 Å². The predicted octanol–water partition coefficient (Wildman–Crippen LogP) is 3.53. The van der Waals surface area contributed by atoms with Gasteiger partial charge in [-0.1, -0.05) is 6.92 Å². The van der Waals surface area contributed by atoms with Gasteiger partial charge in [0.05, 0.1) is 36.4 Å². The third-order valence-electron chi connectivity index (χ3n) is 6.54. The van der Waals surface area contributed by atoms with E-state index in [-0.39, 0.29) is 17.0 Å². The van der Waals surface area contributed by atoms with E-state index in [4.69, 9.17) is 9.47 Å². The van der Waals surface area contributed by atoms with Gasteiger partial charge in [0, 0.05) is 43.9 Å². The van der Waals surface area contributed by atoms with Crippen LogP contribution in [-0.4, -0.2) is 77.5 Å². The molecule has 4 rings (SSSR count). The lowest BCUT2D eigenvalue weighted by molar-refractivity contribution is -0.384. The van der Waals surface area contributed by atoms with Gasteiger partial charge in [0.25, 0.3) is 17.4 Å². The highest BCUT2D eigenvalue weighted by Crippen LogP contribution is 2.40. The van der Waals surface area contributed by atoms with Crippen LogP contribution in [0.5, 0.6) is 5.75 Å². The lowest BCUT2D eigenvalue weighted by atomic mass is 9.95. The highest BCUT2D eigenvalue weighted by Gasteiger charge is 2.45. The van der Waals surface area contributed by atoms with E-state index in [9.17, 15) is 24.8 Å². The van der Waals surface area contributed by atoms with E-state index >= 15 is 0 Å². The van der Waals surface area contributed by atoms with Gasteiger partial charge >= 0.3 is 0 Å². The van der Waals surface area contributed by atoms with Crippen molar-refractivity contribution in [3.63, 3.8) is 0 Å². The summed E-state index contributed by atoms with van der Waals surface area (Å²) in [5.41, 5.74) is 0.755. The van der Waals surface area contributed by atoms with Crippen molar-refractivity contribution in [1.82, 2.24) is 9.80 Å². The Labute approximate surface area is 215 Å². The second kappa shape index (κ2) is 12.0. The number of nitro benzene ring substituents is 1. The SMILES string of the molecule is CCCOc1ccc(C(O)=C2C(=O)C(=O)N(CCCN3CCOCC3)[C@@H]2c2ccc([N+](=O)[O-])cc2)cc1. The summed E-state index contributed by atoms with van der Waals surface area (Å²) in [6.45, 7) is 6.53. The maximum absolute atomic E-state index is 13.2. The van der Waals surface area contributed by atoms with Crippen molar-refractivity contribution in [2.45, 2.75) is 25.8 Å². The summed E-state index contributed by atoms with van der Waals surface area (Å²) in [4.78, 5) is 40.7. The Bertz CT molecular complexity index is 1160. The molecule has 2 heterocycles. The zero-order valence-corrected chi connectivity index (χ0v) is 20.8. The molecule has 0 aliphatic carbocycles. The smallest absolute Gasteiger partial charge is 0.295 e. The topological polar surface area (TPSA) is 122 Å². The highest BCUT2D eigenvalue weighted by atomic mass is 16.6. The monoisotopic (exact) mass is 509 g/mol. The number of ether oxygens (including phenoxy) is 2. The molecule has 1 amide bonds. The molecule has 2 aromatic rings. The predicted molar refractivity (Wildman–Crippen MR) is 136 cm³/mol. The average molecular weight is 510 g/mol. The van der Waals surface area contributed by atoms with Crippen LogP contribution in [0.25, 0.3) is 5.76 Å². The third-order valence-corrected chi connectivity index (χ3v) is 6.54. The number of ketones is 1. The molecule has 1 N–H and O–H groups in total. The van der Waals surface area contributed by atoms with Crippen LogP contribution in [0.1, 0.15) is 36.9 Å². The first-order valence-electron chi connectivity index (χ1n) is 12.5. The van der Waals surface area contributed by atoms with Crippen molar-refractivity contribution >= 4 is 23.1 Å². The molecule has 0 saturated carbocycles. The number of carbonyl (C=O) groups is 2. The van der Waals surface area contributed by atoms with Crippen molar-refractivity contribution < 1.29 is 29.1 Å². The molecule has 10 nitrogen and oxygen atoms in total. The van der Waals surface area contributed by atoms with Crippen molar-refractivity contribution in [3.05, 3.63) is 75.3 Å². The molecule has 0 radical (unpaired) electrons. The molecule has 10 heteroatoms. The van der Waals surface area contributed by atoms with E-state index in [1.807, 2.05) is 6.92 Å². The summed E-state index contributed by atoms with van der Waals surface area (Å²) in [5, 5.41) is 22.4. The minimum Gasteiger partial charge on any atom is -0.507 e. The number of rotatable bonds is 10. The summed E-state index contributed by atoms with van der Waals surface area (Å²) in [6.07, 6.45) is 1.48. The van der Waals surface area contributed by atoms with E-state index in [1.165, 1.54) is 29.2 Å². The van der Waals surface area contributed by atoms with Crippen LogP contribution in [0, 0.1) is 10.1 Å². The minimum absolute atomic E-state index is 0.0348. The summed E-state index contributed by atoms with van der Waals surface area (Å²) >= 11 is 0. The van der Waals surface area contributed by atoms with E-state index in [0.717, 1.165) is 26.1 Å². The summed E-state index contributed by atoms with van der Waals surface area (Å²) in [7, 11) is 0. The molecule has 2 saturated heterocycles. The van der Waals surface area contributed by atoms with Crippen LogP contribution in [0.3, 0.4) is 0 Å². The Balaban J connectivity index is 1.65. The van der Waals surface area contributed by atoms with Gasteiger partial charge in [-0.15, -0.1) is 0 Å². The molecule has 1 atom stereocenters. The Morgan fingerprint density at radius 2 is 1.76 bits per heavy atom. The first-order chi connectivity index (χ1) is 17.9. The first kappa shape index (κ1) is 26.3. The second-order valence-electron chi connectivity index (χ2n) is 9.02. The number of non-ortho nitro benzene ring substituents is 1. The number of hydrogen-bond donors (Lipinski definition) is 1. The molecule has 2 aromatic carbocycles. The normalized spacial score (nSPS) is 19.8. The summed E-state index contributed by atoms with van der Waals surface area (Å²) < 4.78 is 11.0. The molecule has 0 aromatic heterocycles. The number of hydrogen-bond acceptors (Lipinski definition) is 8. The van der Waals surface area contributed by atoms with Crippen LogP contribution in [0.2, 0.25) is 0 Å². The zero-order valence-electron chi connectivity index (χ0n) is 20.8.